The molecule has 1 unspecified atom stereocenters. The first-order chi connectivity index (χ1) is 14.7. The van der Waals surface area contributed by atoms with Gasteiger partial charge in [0.2, 0.25) is 11.0 Å². The third kappa shape index (κ3) is 6.02. The van der Waals surface area contributed by atoms with Crippen LogP contribution in [0.1, 0.15) is 18.4 Å². The molecule has 1 amide bonds. The number of benzene rings is 1. The number of sulfonamides is 1. The quantitative estimate of drug-likeness (QED) is 0.275. The summed E-state index contributed by atoms with van der Waals surface area (Å²) in [6.07, 6.45) is 0.506. The zero-order valence-electron chi connectivity index (χ0n) is 16.6. The van der Waals surface area contributed by atoms with Crippen LogP contribution in [0, 0.1) is 6.92 Å². The van der Waals surface area contributed by atoms with Crippen molar-refractivity contribution < 1.29 is 13.2 Å². The van der Waals surface area contributed by atoms with Crippen molar-refractivity contribution in [3.8, 4) is 0 Å². The number of amides is 1. The van der Waals surface area contributed by atoms with Gasteiger partial charge in [-0.05, 0) is 37.6 Å². The highest BCUT2D eigenvalue weighted by atomic mass is 32.2. The van der Waals surface area contributed by atoms with Crippen molar-refractivity contribution >= 4 is 61.5 Å². The minimum absolute atomic E-state index is 0.0309. The average Bonchev–Trinajstić information content (AvgIpc) is 3.09. The minimum atomic E-state index is -3.81. The van der Waals surface area contributed by atoms with Crippen LogP contribution in [0.5, 0.6) is 0 Å². The predicted octanol–water partition coefficient (Wildman–Crippen LogP) is 2.11. The molecule has 31 heavy (non-hydrogen) atoms. The van der Waals surface area contributed by atoms with Crippen LogP contribution in [0.25, 0.3) is 0 Å². The van der Waals surface area contributed by atoms with Gasteiger partial charge in [-0.15, -0.1) is 10.2 Å². The van der Waals surface area contributed by atoms with Gasteiger partial charge in [-0.1, -0.05) is 30.0 Å². The Bertz CT molecular complexity index is 1160. The summed E-state index contributed by atoms with van der Waals surface area (Å²) in [6.45, 7) is 3.58. The Labute approximate surface area is 187 Å². The van der Waals surface area contributed by atoms with E-state index in [4.69, 9.17) is 11.5 Å². The van der Waals surface area contributed by atoms with Crippen LogP contribution in [-0.2, 0) is 14.8 Å². The number of anilines is 4. The van der Waals surface area contributed by atoms with Gasteiger partial charge in [0.05, 0.1) is 10.1 Å². The molecule has 0 aliphatic rings. The van der Waals surface area contributed by atoms with E-state index in [2.05, 4.69) is 30.2 Å². The predicted molar refractivity (Wildman–Crippen MR) is 121 cm³/mol. The van der Waals surface area contributed by atoms with E-state index in [1.807, 2.05) is 6.92 Å². The molecule has 1 aromatic carbocycles. The van der Waals surface area contributed by atoms with Gasteiger partial charge in [0.15, 0.2) is 5.16 Å². The lowest BCUT2D eigenvalue weighted by molar-refractivity contribution is -0.115. The molecule has 1 atom stereocenters. The monoisotopic (exact) mass is 480 g/mol. The molecule has 2 heterocycles. The number of thioether (sulfide) groups is 1. The number of carbonyl (C=O) groups is 1. The van der Waals surface area contributed by atoms with E-state index in [9.17, 15) is 13.2 Å². The molecule has 3 aromatic rings. The van der Waals surface area contributed by atoms with Gasteiger partial charge in [-0.25, -0.2) is 18.4 Å². The first kappa shape index (κ1) is 22.7. The standard InChI is InChI=1S/C17H20N8O3S3/c1-3-12(30-16-21-13(18)8-14(19)22-16)15(26)20-10-4-6-11(7-5-10)31(27,28)25-17-24-23-9(2)29-17/h4-8,12H,3H2,1-2H3,(H,20,26)(H,24,25)(H4,18,19,21,22). The lowest BCUT2D eigenvalue weighted by Gasteiger charge is -2.14. The van der Waals surface area contributed by atoms with Gasteiger partial charge in [-0.2, -0.15) is 0 Å². The second-order valence-electron chi connectivity index (χ2n) is 6.26. The number of nitrogen functional groups attached to an aromatic ring is 2. The zero-order chi connectivity index (χ0) is 22.6. The van der Waals surface area contributed by atoms with Gasteiger partial charge in [0.25, 0.3) is 10.0 Å². The minimum Gasteiger partial charge on any atom is -0.383 e. The molecule has 0 aliphatic carbocycles. The van der Waals surface area contributed by atoms with E-state index < -0.39 is 15.3 Å². The molecule has 0 saturated carbocycles. The molecule has 0 aliphatic heterocycles. The van der Waals surface area contributed by atoms with Crippen molar-refractivity contribution in [3.63, 3.8) is 0 Å². The van der Waals surface area contributed by atoms with Crippen molar-refractivity contribution in [2.75, 3.05) is 21.5 Å². The first-order valence-corrected chi connectivity index (χ1v) is 12.1. The number of rotatable bonds is 8. The highest BCUT2D eigenvalue weighted by Gasteiger charge is 2.21. The topological polar surface area (TPSA) is 179 Å². The molecular formula is C17H20N8O3S3. The Morgan fingerprint density at radius 1 is 1.16 bits per heavy atom. The van der Waals surface area contributed by atoms with Crippen molar-refractivity contribution in [2.45, 2.75) is 35.6 Å². The van der Waals surface area contributed by atoms with Crippen LogP contribution >= 0.6 is 23.1 Å². The lowest BCUT2D eigenvalue weighted by Crippen LogP contribution is -2.25. The van der Waals surface area contributed by atoms with Gasteiger partial charge in [0.1, 0.15) is 16.6 Å². The number of hydrogen-bond acceptors (Lipinski definition) is 11. The summed E-state index contributed by atoms with van der Waals surface area (Å²) in [5, 5.41) is 10.9. The Morgan fingerprint density at radius 3 is 2.35 bits per heavy atom. The molecular weight excluding hydrogens is 460 g/mol. The van der Waals surface area contributed by atoms with E-state index in [1.54, 1.807) is 6.92 Å². The fourth-order valence-corrected chi connectivity index (χ4v) is 5.14. The second-order valence-corrected chi connectivity index (χ2v) is 10.3. The summed E-state index contributed by atoms with van der Waals surface area (Å²) in [6, 6.07) is 7.22. The summed E-state index contributed by atoms with van der Waals surface area (Å²) in [7, 11) is -3.81. The molecule has 0 spiro atoms. The van der Waals surface area contributed by atoms with E-state index in [-0.39, 0.29) is 27.6 Å². The van der Waals surface area contributed by atoms with Gasteiger partial charge in [0, 0.05) is 11.8 Å². The van der Waals surface area contributed by atoms with Gasteiger partial charge < -0.3 is 16.8 Å². The number of aryl methyl sites for hydroxylation is 1. The highest BCUT2D eigenvalue weighted by molar-refractivity contribution is 8.00. The maximum Gasteiger partial charge on any atom is 0.263 e. The molecule has 0 saturated heterocycles. The average molecular weight is 481 g/mol. The number of nitrogens with zero attached hydrogens (tertiary/aromatic N) is 4. The summed E-state index contributed by atoms with van der Waals surface area (Å²) < 4.78 is 27.3. The smallest absolute Gasteiger partial charge is 0.263 e. The fourth-order valence-electron chi connectivity index (χ4n) is 2.42. The largest absolute Gasteiger partial charge is 0.383 e. The Kier molecular flexibility index (Phi) is 6.92. The Balaban J connectivity index is 1.67. The summed E-state index contributed by atoms with van der Waals surface area (Å²) in [4.78, 5) is 20.8. The van der Waals surface area contributed by atoms with Gasteiger partial charge >= 0.3 is 0 Å². The normalized spacial score (nSPS) is 12.3. The number of nitrogens with one attached hydrogen (secondary N) is 2. The summed E-state index contributed by atoms with van der Waals surface area (Å²) >= 11 is 2.27. The van der Waals surface area contributed by atoms with Crippen molar-refractivity contribution in [1.29, 1.82) is 0 Å². The van der Waals surface area contributed by atoms with E-state index in [1.165, 1.54) is 30.3 Å². The van der Waals surface area contributed by atoms with Crippen molar-refractivity contribution in [2.24, 2.45) is 0 Å². The molecule has 3 rings (SSSR count). The lowest BCUT2D eigenvalue weighted by atomic mass is 10.3. The molecule has 164 valence electrons. The Morgan fingerprint density at radius 2 is 1.81 bits per heavy atom. The summed E-state index contributed by atoms with van der Waals surface area (Å²) in [5.41, 5.74) is 11.8. The van der Waals surface area contributed by atoms with Crippen molar-refractivity contribution in [1.82, 2.24) is 20.2 Å². The maximum atomic E-state index is 12.6. The molecule has 0 fully saturated rings. The van der Waals surface area contributed by atoms with Crippen molar-refractivity contribution in [3.05, 3.63) is 35.3 Å². The van der Waals surface area contributed by atoms with E-state index in [0.29, 0.717) is 22.3 Å². The molecule has 2 aromatic heterocycles. The summed E-state index contributed by atoms with van der Waals surface area (Å²) in [5.74, 6) is 0.161. The fraction of sp³-hybridized carbons (Fsp3) is 0.235. The number of carbonyl (C=O) groups excluding carboxylic acids is 1. The molecule has 11 nitrogen and oxygen atoms in total. The molecule has 14 heteroatoms. The zero-order valence-corrected chi connectivity index (χ0v) is 19.0. The number of aromatic nitrogens is 4. The van der Waals surface area contributed by atoms with Crippen LogP contribution < -0.4 is 21.5 Å². The van der Waals surface area contributed by atoms with Crippen LogP contribution in [-0.4, -0.2) is 39.7 Å². The molecule has 6 N–H and O–H groups in total. The molecule has 0 radical (unpaired) electrons. The second kappa shape index (κ2) is 9.45. The van der Waals surface area contributed by atoms with Crippen LogP contribution in [0.3, 0.4) is 0 Å². The third-order valence-corrected chi connectivity index (χ3v) is 7.30. The maximum absolute atomic E-state index is 12.6. The third-order valence-electron chi connectivity index (χ3n) is 3.84. The van der Waals surface area contributed by atoms with Gasteiger partial charge in [-0.3, -0.25) is 9.52 Å². The number of nitrogens with two attached hydrogens (primary N) is 2. The van der Waals surface area contributed by atoms with Crippen LogP contribution in [0.2, 0.25) is 0 Å². The Hall–Kier alpha value is -2.97. The van der Waals surface area contributed by atoms with E-state index >= 15 is 0 Å². The molecule has 0 bridgehead atoms. The van der Waals surface area contributed by atoms with Crippen LogP contribution in [0.15, 0.2) is 40.4 Å². The number of hydrogen-bond donors (Lipinski definition) is 4. The first-order valence-electron chi connectivity index (χ1n) is 8.97. The SMILES string of the molecule is CCC(Sc1nc(N)cc(N)n1)C(=O)Nc1ccc(S(=O)(=O)Nc2nnc(C)s2)cc1. The van der Waals surface area contributed by atoms with Crippen LogP contribution in [0.4, 0.5) is 22.5 Å². The van der Waals surface area contributed by atoms with E-state index in [0.717, 1.165) is 23.1 Å². The highest BCUT2D eigenvalue weighted by Crippen LogP contribution is 2.26.